The number of likely N-dealkylation sites (tertiary alicyclic amines) is 1. The molecule has 0 radical (unpaired) electrons. The third-order valence-electron chi connectivity index (χ3n) is 3.91. The van der Waals surface area contributed by atoms with Crippen LogP contribution in [0, 0.1) is 6.92 Å². The van der Waals surface area contributed by atoms with Gasteiger partial charge in [0.1, 0.15) is 5.75 Å². The van der Waals surface area contributed by atoms with Gasteiger partial charge >= 0.3 is 0 Å². The molecule has 1 heterocycles. The first-order chi connectivity index (χ1) is 10.8. The molecule has 1 saturated heterocycles. The smallest absolute Gasteiger partial charge is 0.260 e. The normalized spacial score (nSPS) is 18.7. The van der Waals surface area contributed by atoms with Gasteiger partial charge in [-0.05, 0) is 38.3 Å². The minimum Gasteiger partial charge on any atom is -0.484 e. The first-order valence-electron chi connectivity index (χ1n) is 7.79. The lowest BCUT2D eigenvalue weighted by molar-refractivity contribution is -0.136. The summed E-state index contributed by atoms with van der Waals surface area (Å²) >= 11 is 0. The van der Waals surface area contributed by atoms with Crippen LogP contribution in [-0.2, 0) is 14.8 Å². The number of piperidine rings is 1. The standard InChI is InChI=1S/C16H24N2O4S/c1-13-6-8-15(9-7-13)22-12-16(19)18-10-4-3-5-14(18)11-17-23(2,20)21/h6-9,14,17H,3-5,10-12H2,1-2H3/t14-/m0/s1. The van der Waals surface area contributed by atoms with Gasteiger partial charge in [0.25, 0.3) is 5.91 Å². The number of hydrogen-bond acceptors (Lipinski definition) is 4. The maximum Gasteiger partial charge on any atom is 0.260 e. The third-order valence-corrected chi connectivity index (χ3v) is 4.60. The summed E-state index contributed by atoms with van der Waals surface area (Å²) in [5, 5.41) is 0. The summed E-state index contributed by atoms with van der Waals surface area (Å²) in [6.07, 6.45) is 3.87. The minimum atomic E-state index is -3.25. The molecule has 1 aromatic rings. The molecule has 0 bridgehead atoms. The van der Waals surface area contributed by atoms with Gasteiger partial charge in [-0.1, -0.05) is 17.7 Å². The minimum absolute atomic E-state index is 0.0293. The van der Waals surface area contributed by atoms with Gasteiger partial charge in [0, 0.05) is 19.1 Å². The van der Waals surface area contributed by atoms with Gasteiger partial charge in [-0.2, -0.15) is 0 Å². The number of nitrogens with zero attached hydrogens (tertiary/aromatic N) is 1. The average Bonchev–Trinajstić information content (AvgIpc) is 2.52. The third kappa shape index (κ3) is 5.84. The van der Waals surface area contributed by atoms with Gasteiger partial charge in [-0.3, -0.25) is 4.79 Å². The van der Waals surface area contributed by atoms with Crippen molar-refractivity contribution in [3.63, 3.8) is 0 Å². The van der Waals surface area contributed by atoms with E-state index < -0.39 is 10.0 Å². The molecule has 0 spiro atoms. The summed E-state index contributed by atoms with van der Waals surface area (Å²) in [7, 11) is -3.25. The molecule has 0 aliphatic carbocycles. The molecule has 1 atom stereocenters. The van der Waals surface area contributed by atoms with Crippen LogP contribution in [0.2, 0.25) is 0 Å². The van der Waals surface area contributed by atoms with Crippen molar-refractivity contribution >= 4 is 15.9 Å². The van der Waals surface area contributed by atoms with E-state index in [1.54, 1.807) is 4.90 Å². The molecule has 2 rings (SSSR count). The molecule has 128 valence electrons. The van der Waals surface area contributed by atoms with E-state index in [0.717, 1.165) is 31.1 Å². The van der Waals surface area contributed by atoms with Crippen molar-refractivity contribution in [2.45, 2.75) is 32.2 Å². The Hall–Kier alpha value is -1.60. The van der Waals surface area contributed by atoms with Crippen molar-refractivity contribution in [3.05, 3.63) is 29.8 Å². The van der Waals surface area contributed by atoms with Gasteiger partial charge in [0.15, 0.2) is 6.61 Å². The highest BCUT2D eigenvalue weighted by molar-refractivity contribution is 7.88. The fourth-order valence-electron chi connectivity index (χ4n) is 2.65. The molecule has 7 heteroatoms. The number of aryl methyl sites for hydroxylation is 1. The van der Waals surface area contributed by atoms with Crippen LogP contribution in [0.15, 0.2) is 24.3 Å². The number of benzene rings is 1. The molecule has 1 aliphatic rings. The topological polar surface area (TPSA) is 75.7 Å². The van der Waals surface area contributed by atoms with Crippen LogP contribution in [-0.4, -0.2) is 51.2 Å². The second-order valence-electron chi connectivity index (χ2n) is 5.96. The number of carbonyl (C=O) groups is 1. The van der Waals surface area contributed by atoms with Crippen LogP contribution in [0.1, 0.15) is 24.8 Å². The second kappa shape index (κ2) is 7.79. The molecule has 1 amide bonds. The number of ether oxygens (including phenoxy) is 1. The average molecular weight is 340 g/mol. The molecule has 0 aromatic heterocycles. The van der Waals surface area contributed by atoms with Crippen LogP contribution in [0.25, 0.3) is 0 Å². The highest BCUT2D eigenvalue weighted by atomic mass is 32.2. The molecule has 23 heavy (non-hydrogen) atoms. The second-order valence-corrected chi connectivity index (χ2v) is 7.79. The van der Waals surface area contributed by atoms with Gasteiger partial charge in [0.2, 0.25) is 10.0 Å². The monoisotopic (exact) mass is 340 g/mol. The first-order valence-corrected chi connectivity index (χ1v) is 9.68. The maximum absolute atomic E-state index is 12.4. The summed E-state index contributed by atoms with van der Waals surface area (Å²) in [5.41, 5.74) is 1.13. The predicted molar refractivity (Wildman–Crippen MR) is 88.9 cm³/mol. The van der Waals surface area contributed by atoms with E-state index in [0.29, 0.717) is 12.3 Å². The van der Waals surface area contributed by atoms with Crippen molar-refractivity contribution in [1.82, 2.24) is 9.62 Å². The Morgan fingerprint density at radius 1 is 1.30 bits per heavy atom. The van der Waals surface area contributed by atoms with E-state index in [9.17, 15) is 13.2 Å². The fraction of sp³-hybridized carbons (Fsp3) is 0.562. The Balaban J connectivity index is 1.90. The van der Waals surface area contributed by atoms with E-state index in [4.69, 9.17) is 4.74 Å². The van der Waals surface area contributed by atoms with Crippen molar-refractivity contribution < 1.29 is 17.9 Å². The Kier molecular flexibility index (Phi) is 6.01. The van der Waals surface area contributed by atoms with Gasteiger partial charge < -0.3 is 9.64 Å². The summed E-state index contributed by atoms with van der Waals surface area (Å²) in [6.45, 7) is 2.86. The van der Waals surface area contributed by atoms with Crippen LogP contribution < -0.4 is 9.46 Å². The van der Waals surface area contributed by atoms with Gasteiger partial charge in [-0.15, -0.1) is 0 Å². The zero-order chi connectivity index (χ0) is 16.9. The lowest BCUT2D eigenvalue weighted by Gasteiger charge is -2.35. The van der Waals surface area contributed by atoms with E-state index in [2.05, 4.69) is 4.72 Å². The van der Waals surface area contributed by atoms with Crippen LogP contribution in [0.3, 0.4) is 0 Å². The van der Waals surface area contributed by atoms with Gasteiger partial charge in [0.05, 0.1) is 6.26 Å². The maximum atomic E-state index is 12.4. The lowest BCUT2D eigenvalue weighted by Crippen LogP contribution is -2.50. The number of hydrogen-bond donors (Lipinski definition) is 1. The van der Waals surface area contributed by atoms with Crippen LogP contribution >= 0.6 is 0 Å². The number of sulfonamides is 1. The Morgan fingerprint density at radius 2 is 2.00 bits per heavy atom. The van der Waals surface area contributed by atoms with Crippen LogP contribution in [0.4, 0.5) is 0 Å². The number of nitrogens with one attached hydrogen (secondary N) is 1. The highest BCUT2D eigenvalue weighted by Crippen LogP contribution is 2.18. The number of rotatable bonds is 6. The SMILES string of the molecule is Cc1ccc(OCC(=O)N2CCCC[C@H]2CNS(C)(=O)=O)cc1. The van der Waals surface area contributed by atoms with Crippen molar-refractivity contribution in [2.24, 2.45) is 0 Å². The first kappa shape index (κ1) is 17.7. The summed E-state index contributed by atoms with van der Waals surface area (Å²) in [5.74, 6) is 0.553. The Labute approximate surface area is 137 Å². The summed E-state index contributed by atoms with van der Waals surface area (Å²) in [4.78, 5) is 14.1. The molecule has 6 nitrogen and oxygen atoms in total. The number of amides is 1. The summed E-state index contributed by atoms with van der Waals surface area (Å²) in [6, 6.07) is 7.43. The zero-order valence-electron chi connectivity index (χ0n) is 13.6. The van der Waals surface area contributed by atoms with E-state index in [1.165, 1.54) is 0 Å². The van der Waals surface area contributed by atoms with E-state index in [1.807, 2.05) is 31.2 Å². The van der Waals surface area contributed by atoms with E-state index in [-0.39, 0.29) is 25.1 Å². The van der Waals surface area contributed by atoms with Gasteiger partial charge in [-0.25, -0.2) is 13.1 Å². The molecule has 1 aromatic carbocycles. The van der Waals surface area contributed by atoms with Crippen molar-refractivity contribution in [2.75, 3.05) is 26.0 Å². The summed E-state index contributed by atoms with van der Waals surface area (Å²) < 4.78 is 30.5. The predicted octanol–water partition coefficient (Wildman–Crippen LogP) is 1.30. The van der Waals surface area contributed by atoms with Crippen molar-refractivity contribution in [3.8, 4) is 5.75 Å². The molecule has 1 fully saturated rings. The molecule has 1 aliphatic heterocycles. The largest absolute Gasteiger partial charge is 0.484 e. The highest BCUT2D eigenvalue weighted by Gasteiger charge is 2.27. The quantitative estimate of drug-likeness (QED) is 0.847. The zero-order valence-corrected chi connectivity index (χ0v) is 14.4. The molecule has 0 unspecified atom stereocenters. The molecule has 1 N–H and O–H groups in total. The molecule has 0 saturated carbocycles. The number of carbonyl (C=O) groups excluding carboxylic acids is 1. The molecular weight excluding hydrogens is 316 g/mol. The Bertz CT molecular complexity index is 628. The Morgan fingerprint density at radius 3 is 2.65 bits per heavy atom. The lowest BCUT2D eigenvalue weighted by atomic mass is 10.0. The van der Waals surface area contributed by atoms with Crippen LogP contribution in [0.5, 0.6) is 5.75 Å². The fourth-order valence-corrected chi connectivity index (χ4v) is 3.15. The van der Waals surface area contributed by atoms with Crippen molar-refractivity contribution in [1.29, 1.82) is 0 Å². The van der Waals surface area contributed by atoms with E-state index >= 15 is 0 Å². The molecular formula is C16H24N2O4S.